The number of ether oxygens (including phenoxy) is 1. The van der Waals surface area contributed by atoms with Gasteiger partial charge in [-0.2, -0.15) is 0 Å². The largest absolute Gasteiger partial charge is 0.455 e. The van der Waals surface area contributed by atoms with Crippen LogP contribution in [0.5, 0.6) is 0 Å². The predicted octanol–water partition coefficient (Wildman–Crippen LogP) is 5.59. The molecule has 2 aromatic carbocycles. The summed E-state index contributed by atoms with van der Waals surface area (Å²) in [6.07, 6.45) is 0. The van der Waals surface area contributed by atoms with Crippen molar-refractivity contribution in [3.8, 4) is 22.6 Å². The highest BCUT2D eigenvalue weighted by Crippen LogP contribution is 2.31. The summed E-state index contributed by atoms with van der Waals surface area (Å²) >= 11 is 6.19. The number of esters is 1. The molecule has 0 saturated carbocycles. The van der Waals surface area contributed by atoms with E-state index >= 15 is 0 Å². The second-order valence-corrected chi connectivity index (χ2v) is 6.73. The third kappa shape index (κ3) is 3.81. The van der Waals surface area contributed by atoms with Gasteiger partial charge in [0, 0.05) is 17.7 Å². The quantitative estimate of drug-likeness (QED) is 0.384. The molecule has 6 nitrogen and oxygen atoms in total. The first kappa shape index (κ1) is 19.8. The van der Waals surface area contributed by atoms with Gasteiger partial charge in [-0.25, -0.2) is 13.6 Å². The van der Waals surface area contributed by atoms with E-state index in [9.17, 15) is 13.6 Å². The van der Waals surface area contributed by atoms with Crippen molar-refractivity contribution in [1.29, 1.82) is 0 Å². The van der Waals surface area contributed by atoms with Crippen molar-refractivity contribution in [3.05, 3.63) is 82.2 Å². The number of benzene rings is 2. The van der Waals surface area contributed by atoms with Crippen molar-refractivity contribution >= 4 is 17.6 Å². The highest BCUT2D eigenvalue weighted by atomic mass is 35.5. The van der Waals surface area contributed by atoms with Crippen LogP contribution in [-0.4, -0.2) is 16.3 Å². The molecule has 2 heterocycles. The van der Waals surface area contributed by atoms with Gasteiger partial charge in [-0.15, -0.1) is 0 Å². The fourth-order valence-corrected chi connectivity index (χ4v) is 3.08. The van der Waals surface area contributed by atoms with Gasteiger partial charge < -0.3 is 13.8 Å². The van der Waals surface area contributed by atoms with E-state index < -0.39 is 17.6 Å². The Bertz CT molecular complexity index is 1240. The van der Waals surface area contributed by atoms with Crippen LogP contribution in [0, 0.1) is 18.6 Å². The van der Waals surface area contributed by atoms with Crippen molar-refractivity contribution in [2.45, 2.75) is 13.5 Å². The smallest absolute Gasteiger partial charge is 0.344 e. The third-order valence-electron chi connectivity index (χ3n) is 4.30. The van der Waals surface area contributed by atoms with Gasteiger partial charge in [-0.1, -0.05) is 40.1 Å². The Kier molecular flexibility index (Phi) is 5.33. The van der Waals surface area contributed by atoms with Crippen LogP contribution in [0.15, 0.2) is 57.6 Å². The number of aromatic nitrogens is 2. The molecule has 2 aromatic heterocycles. The van der Waals surface area contributed by atoms with Crippen LogP contribution in [0.25, 0.3) is 22.6 Å². The Morgan fingerprint density at radius 1 is 1.07 bits per heavy atom. The van der Waals surface area contributed by atoms with Crippen molar-refractivity contribution in [1.82, 2.24) is 10.3 Å². The summed E-state index contributed by atoms with van der Waals surface area (Å²) in [5, 5.41) is 8.08. The second kappa shape index (κ2) is 8.08. The van der Waals surface area contributed by atoms with Crippen LogP contribution in [0.3, 0.4) is 0 Å². The van der Waals surface area contributed by atoms with Gasteiger partial charge in [0.05, 0.1) is 10.6 Å². The van der Waals surface area contributed by atoms with E-state index in [4.69, 9.17) is 25.4 Å². The summed E-state index contributed by atoms with van der Waals surface area (Å²) in [5.41, 5.74) is 1.21. The molecule has 152 valence electrons. The molecule has 0 fully saturated rings. The lowest BCUT2D eigenvalue weighted by atomic mass is 10.1. The van der Waals surface area contributed by atoms with Crippen LogP contribution < -0.4 is 0 Å². The number of hydrogen-bond donors (Lipinski definition) is 0. The lowest BCUT2D eigenvalue weighted by molar-refractivity contribution is 0.0463. The fourth-order valence-electron chi connectivity index (χ4n) is 2.86. The molecule has 4 rings (SSSR count). The monoisotopic (exact) mass is 430 g/mol. The summed E-state index contributed by atoms with van der Waals surface area (Å²) in [6.45, 7) is 1.34. The first-order valence-electron chi connectivity index (χ1n) is 8.73. The van der Waals surface area contributed by atoms with E-state index in [0.29, 0.717) is 10.6 Å². The van der Waals surface area contributed by atoms with Crippen molar-refractivity contribution in [2.24, 2.45) is 0 Å². The number of carbonyl (C=O) groups is 1. The van der Waals surface area contributed by atoms with E-state index in [2.05, 4.69) is 10.3 Å². The maximum Gasteiger partial charge on any atom is 0.344 e. The van der Waals surface area contributed by atoms with Gasteiger partial charge in [0.1, 0.15) is 41.0 Å². The highest BCUT2D eigenvalue weighted by molar-refractivity contribution is 6.33. The van der Waals surface area contributed by atoms with Gasteiger partial charge >= 0.3 is 5.97 Å². The topological polar surface area (TPSA) is 78.4 Å². The van der Waals surface area contributed by atoms with Crippen molar-refractivity contribution < 1.29 is 27.4 Å². The molecule has 0 aliphatic carbocycles. The molecule has 0 N–H and O–H groups in total. The number of halogens is 3. The predicted molar refractivity (Wildman–Crippen MR) is 103 cm³/mol. The number of rotatable bonds is 5. The number of hydrogen-bond acceptors (Lipinski definition) is 6. The highest BCUT2D eigenvalue weighted by Gasteiger charge is 2.24. The zero-order valence-electron chi connectivity index (χ0n) is 15.5. The van der Waals surface area contributed by atoms with Crippen LogP contribution >= 0.6 is 11.6 Å². The molecule has 0 bridgehead atoms. The van der Waals surface area contributed by atoms with Gasteiger partial charge in [0.2, 0.25) is 0 Å². The molecular formula is C21H13ClF2N2O4. The van der Waals surface area contributed by atoms with E-state index in [-0.39, 0.29) is 40.6 Å². The molecule has 0 spiro atoms. The van der Waals surface area contributed by atoms with E-state index in [0.717, 1.165) is 12.1 Å². The zero-order valence-corrected chi connectivity index (χ0v) is 16.2. The Hall–Kier alpha value is -3.52. The molecule has 0 aliphatic heterocycles. The average molecular weight is 431 g/mol. The minimum atomic E-state index is -0.792. The maximum absolute atomic E-state index is 13.9. The molecule has 0 atom stereocenters. The number of nitrogens with zero attached hydrogens (tertiary/aromatic N) is 2. The van der Waals surface area contributed by atoms with Crippen LogP contribution in [-0.2, 0) is 11.3 Å². The molecular weight excluding hydrogens is 418 g/mol. The van der Waals surface area contributed by atoms with Crippen molar-refractivity contribution in [2.75, 3.05) is 0 Å². The zero-order chi connectivity index (χ0) is 21.3. The van der Waals surface area contributed by atoms with Crippen molar-refractivity contribution in [3.63, 3.8) is 0 Å². The van der Waals surface area contributed by atoms with E-state index in [1.165, 1.54) is 12.1 Å². The fraction of sp³-hybridized carbons (Fsp3) is 0.0952. The first-order valence-corrected chi connectivity index (χ1v) is 9.11. The van der Waals surface area contributed by atoms with Crippen LogP contribution in [0.4, 0.5) is 8.78 Å². The summed E-state index contributed by atoms with van der Waals surface area (Å²) in [6, 6.07) is 11.4. The van der Waals surface area contributed by atoms with Gasteiger partial charge in [0.15, 0.2) is 5.76 Å². The second-order valence-electron chi connectivity index (χ2n) is 6.33. The molecule has 0 saturated heterocycles. The first-order chi connectivity index (χ1) is 14.4. The molecule has 4 aromatic rings. The van der Waals surface area contributed by atoms with E-state index in [1.807, 2.05) is 0 Å². The van der Waals surface area contributed by atoms with Gasteiger partial charge in [0.25, 0.3) is 0 Å². The Morgan fingerprint density at radius 3 is 2.63 bits per heavy atom. The molecule has 0 amide bonds. The molecule has 0 aliphatic rings. The minimum Gasteiger partial charge on any atom is -0.455 e. The normalized spacial score (nSPS) is 10.9. The van der Waals surface area contributed by atoms with Crippen LogP contribution in [0.1, 0.15) is 21.8 Å². The summed E-state index contributed by atoms with van der Waals surface area (Å²) in [5.74, 6) is -1.84. The lowest BCUT2D eigenvalue weighted by Gasteiger charge is -2.04. The molecule has 0 unspecified atom stereocenters. The number of carbonyl (C=O) groups excluding carboxylic acids is 1. The SMILES string of the molecule is Cc1onc(-c2ccccc2Cl)c1C(=O)OCc1cc(-c2ccc(F)cc2F)on1. The standard InChI is InChI=1S/C21H13ClF2N2O4/c1-11-19(20(26-29-11)14-4-2-3-5-16(14)22)21(27)28-10-13-9-18(30-25-13)15-7-6-12(23)8-17(15)24/h2-9H,10H2,1H3. The maximum atomic E-state index is 13.9. The number of aryl methyl sites for hydroxylation is 1. The Labute approximate surface area is 174 Å². The molecule has 0 radical (unpaired) electrons. The van der Waals surface area contributed by atoms with Gasteiger partial charge in [-0.05, 0) is 25.1 Å². The summed E-state index contributed by atoms with van der Waals surface area (Å²) in [7, 11) is 0. The average Bonchev–Trinajstić information content (AvgIpc) is 3.33. The minimum absolute atomic E-state index is 0.0392. The van der Waals surface area contributed by atoms with Gasteiger partial charge in [-0.3, -0.25) is 0 Å². The molecule has 30 heavy (non-hydrogen) atoms. The summed E-state index contributed by atoms with van der Waals surface area (Å²) in [4.78, 5) is 12.6. The summed E-state index contributed by atoms with van der Waals surface area (Å²) < 4.78 is 42.5. The molecule has 9 heteroatoms. The van der Waals surface area contributed by atoms with Crippen LogP contribution in [0.2, 0.25) is 5.02 Å². The Morgan fingerprint density at radius 2 is 1.87 bits per heavy atom. The Balaban J connectivity index is 1.52. The van der Waals surface area contributed by atoms with E-state index in [1.54, 1.807) is 31.2 Å². The lowest BCUT2D eigenvalue weighted by Crippen LogP contribution is -2.07. The third-order valence-corrected chi connectivity index (χ3v) is 4.63.